The molecular weight excluding hydrogens is 308 g/mol. The van der Waals surface area contributed by atoms with Crippen molar-refractivity contribution in [1.29, 1.82) is 0 Å². The number of methoxy groups -OCH3 is 1. The summed E-state index contributed by atoms with van der Waals surface area (Å²) in [5.41, 5.74) is 1.80. The van der Waals surface area contributed by atoms with E-state index in [0.717, 1.165) is 23.3 Å². The average molecular weight is 327 g/mol. The fourth-order valence-corrected chi connectivity index (χ4v) is 3.66. The molecule has 0 spiro atoms. The number of ether oxygens (including phenoxy) is 2. The molecular formula is C15H19ClN2O2S. The maximum Gasteiger partial charge on any atom is 0.184 e. The minimum atomic E-state index is -0.430. The quantitative estimate of drug-likeness (QED) is 0.679. The number of alkyl halides is 1. The summed E-state index contributed by atoms with van der Waals surface area (Å²) in [6.07, 6.45) is 0.843. The van der Waals surface area contributed by atoms with Gasteiger partial charge in [0.25, 0.3) is 0 Å². The molecule has 0 amide bonds. The van der Waals surface area contributed by atoms with Crippen LogP contribution in [0.15, 0.2) is 18.2 Å². The summed E-state index contributed by atoms with van der Waals surface area (Å²) >= 11 is 11.4. The lowest BCUT2D eigenvalue weighted by atomic mass is 9.90. The van der Waals surface area contributed by atoms with Gasteiger partial charge >= 0.3 is 0 Å². The molecule has 2 atom stereocenters. The normalized spacial score (nSPS) is 26.9. The van der Waals surface area contributed by atoms with Crippen LogP contribution >= 0.6 is 23.8 Å². The number of benzene rings is 1. The first-order valence-electron chi connectivity index (χ1n) is 7.02. The number of fused-ring (bicyclic) bond motifs is 4. The number of rotatable bonds is 4. The van der Waals surface area contributed by atoms with E-state index in [9.17, 15) is 0 Å². The van der Waals surface area contributed by atoms with Crippen LogP contribution in [0.5, 0.6) is 5.75 Å². The van der Waals surface area contributed by atoms with E-state index in [-0.39, 0.29) is 6.04 Å². The van der Waals surface area contributed by atoms with Crippen LogP contribution < -0.4 is 10.1 Å². The van der Waals surface area contributed by atoms with Crippen LogP contribution in [0.3, 0.4) is 0 Å². The van der Waals surface area contributed by atoms with Gasteiger partial charge in [-0.1, -0.05) is 6.07 Å². The van der Waals surface area contributed by atoms with Gasteiger partial charge in [0.05, 0.1) is 12.6 Å². The molecule has 0 aliphatic carbocycles. The van der Waals surface area contributed by atoms with E-state index in [4.69, 9.17) is 33.3 Å². The summed E-state index contributed by atoms with van der Waals surface area (Å²) in [6.45, 7) is 3.41. The third-order valence-electron chi connectivity index (χ3n) is 4.15. The zero-order valence-corrected chi connectivity index (χ0v) is 13.8. The van der Waals surface area contributed by atoms with E-state index >= 15 is 0 Å². The molecule has 0 aromatic heterocycles. The first kappa shape index (κ1) is 14.9. The Hall–Kier alpha value is -1.04. The smallest absolute Gasteiger partial charge is 0.184 e. The molecule has 1 N–H and O–H groups in total. The van der Waals surface area contributed by atoms with Gasteiger partial charge in [-0.25, -0.2) is 0 Å². The molecule has 2 bridgehead atoms. The van der Waals surface area contributed by atoms with Crippen molar-refractivity contribution >= 4 is 28.9 Å². The largest absolute Gasteiger partial charge is 0.468 e. The second kappa shape index (κ2) is 5.63. The lowest BCUT2D eigenvalue weighted by molar-refractivity contribution is -0.0740. The Kier molecular flexibility index (Phi) is 3.99. The molecule has 1 saturated heterocycles. The summed E-state index contributed by atoms with van der Waals surface area (Å²) in [5.74, 6) is 1.40. The molecule has 6 heteroatoms. The van der Waals surface area contributed by atoms with Crippen molar-refractivity contribution in [2.75, 3.05) is 20.3 Å². The Morgan fingerprint density at radius 2 is 2.38 bits per heavy atom. The highest BCUT2D eigenvalue weighted by Gasteiger charge is 2.47. The summed E-state index contributed by atoms with van der Waals surface area (Å²) in [6, 6.07) is 6.29. The molecule has 4 nitrogen and oxygen atoms in total. The number of hydrogen-bond donors (Lipinski definition) is 1. The van der Waals surface area contributed by atoms with Gasteiger partial charge in [-0.3, -0.25) is 0 Å². The molecule has 114 valence electrons. The maximum atomic E-state index is 6.27. The van der Waals surface area contributed by atoms with Crippen molar-refractivity contribution in [2.24, 2.45) is 0 Å². The van der Waals surface area contributed by atoms with Gasteiger partial charge in [0.15, 0.2) is 10.8 Å². The molecule has 1 fully saturated rings. The van der Waals surface area contributed by atoms with Crippen LogP contribution in [0.1, 0.15) is 30.5 Å². The molecule has 1 aromatic rings. The van der Waals surface area contributed by atoms with Crippen LogP contribution in [0, 0.1) is 0 Å². The average Bonchev–Trinajstić information content (AvgIpc) is 2.46. The maximum absolute atomic E-state index is 6.27. The third kappa shape index (κ3) is 2.58. The van der Waals surface area contributed by atoms with E-state index in [1.165, 1.54) is 0 Å². The molecule has 2 heterocycles. The Morgan fingerprint density at radius 1 is 1.57 bits per heavy atom. The Labute approximate surface area is 135 Å². The van der Waals surface area contributed by atoms with Gasteiger partial charge in [0, 0.05) is 31.5 Å². The number of nitrogens with zero attached hydrogens (tertiary/aromatic N) is 1. The zero-order chi connectivity index (χ0) is 15.0. The Morgan fingerprint density at radius 3 is 3.10 bits per heavy atom. The lowest BCUT2D eigenvalue weighted by Gasteiger charge is -2.52. The highest BCUT2D eigenvalue weighted by Crippen LogP contribution is 2.44. The fraction of sp³-hybridized carbons (Fsp3) is 0.533. The second-order valence-electron chi connectivity index (χ2n) is 5.63. The molecule has 2 unspecified atom stereocenters. The van der Waals surface area contributed by atoms with Gasteiger partial charge in [-0.05, 0) is 36.8 Å². The van der Waals surface area contributed by atoms with Gasteiger partial charge in [-0.15, -0.1) is 11.6 Å². The van der Waals surface area contributed by atoms with Gasteiger partial charge in [0.1, 0.15) is 5.75 Å². The molecule has 3 rings (SSSR count). The highest BCUT2D eigenvalue weighted by molar-refractivity contribution is 7.80. The monoisotopic (exact) mass is 326 g/mol. The van der Waals surface area contributed by atoms with Gasteiger partial charge < -0.3 is 19.7 Å². The SMILES string of the molecule is COCCN1C(=S)NC2CC1(C)Oc1ccc(CCl)cc12. The summed E-state index contributed by atoms with van der Waals surface area (Å²) in [7, 11) is 1.69. The van der Waals surface area contributed by atoms with E-state index in [1.54, 1.807) is 7.11 Å². The van der Waals surface area contributed by atoms with Crippen LogP contribution in [0.25, 0.3) is 0 Å². The van der Waals surface area contributed by atoms with Crippen molar-refractivity contribution in [3.8, 4) is 5.75 Å². The first-order valence-corrected chi connectivity index (χ1v) is 7.96. The minimum Gasteiger partial charge on any atom is -0.468 e. The summed E-state index contributed by atoms with van der Waals surface area (Å²) in [4.78, 5) is 2.07. The number of thiocarbonyl (C=S) groups is 1. The molecule has 0 saturated carbocycles. The molecule has 2 aliphatic heterocycles. The van der Waals surface area contributed by atoms with Crippen molar-refractivity contribution in [2.45, 2.75) is 31.0 Å². The van der Waals surface area contributed by atoms with Crippen molar-refractivity contribution in [1.82, 2.24) is 10.2 Å². The van der Waals surface area contributed by atoms with Crippen LogP contribution in [-0.2, 0) is 10.6 Å². The Bertz CT molecular complexity index is 569. The second-order valence-corrected chi connectivity index (χ2v) is 6.29. The topological polar surface area (TPSA) is 33.7 Å². The van der Waals surface area contributed by atoms with Crippen molar-refractivity contribution < 1.29 is 9.47 Å². The lowest BCUT2D eigenvalue weighted by Crippen LogP contribution is -2.65. The van der Waals surface area contributed by atoms with E-state index in [1.807, 2.05) is 12.1 Å². The third-order valence-corrected chi connectivity index (χ3v) is 4.80. The van der Waals surface area contributed by atoms with Gasteiger partial charge in [0.2, 0.25) is 0 Å². The van der Waals surface area contributed by atoms with Crippen LogP contribution in [0.4, 0.5) is 0 Å². The predicted octanol–water partition coefficient (Wildman–Crippen LogP) is 2.80. The first-order chi connectivity index (χ1) is 10.1. The summed E-state index contributed by atoms with van der Waals surface area (Å²) < 4.78 is 11.4. The predicted molar refractivity (Wildman–Crippen MR) is 86.7 cm³/mol. The number of hydrogen-bond acceptors (Lipinski definition) is 3. The fourth-order valence-electron chi connectivity index (χ4n) is 3.07. The molecule has 0 radical (unpaired) electrons. The molecule has 1 aromatic carbocycles. The standard InChI is InChI=1S/C15H19ClN2O2S/c1-15-8-12(17-14(21)18(15)5-6-19-2)11-7-10(9-16)3-4-13(11)20-15/h3-4,7,12H,5-6,8-9H2,1-2H3,(H,17,21). The van der Waals surface area contributed by atoms with Crippen LogP contribution in [-0.4, -0.2) is 36.0 Å². The van der Waals surface area contributed by atoms with Crippen LogP contribution in [0.2, 0.25) is 0 Å². The number of nitrogens with one attached hydrogen (secondary N) is 1. The Balaban J connectivity index is 1.94. The van der Waals surface area contributed by atoms with E-state index in [0.29, 0.717) is 24.1 Å². The van der Waals surface area contributed by atoms with Gasteiger partial charge in [-0.2, -0.15) is 0 Å². The molecule has 21 heavy (non-hydrogen) atoms. The van der Waals surface area contributed by atoms with E-state index in [2.05, 4.69) is 23.2 Å². The van der Waals surface area contributed by atoms with Crippen molar-refractivity contribution in [3.63, 3.8) is 0 Å². The minimum absolute atomic E-state index is 0.174. The number of halogens is 1. The van der Waals surface area contributed by atoms with E-state index < -0.39 is 5.72 Å². The summed E-state index contributed by atoms with van der Waals surface area (Å²) in [5, 5.41) is 4.13. The molecule has 2 aliphatic rings. The van der Waals surface area contributed by atoms with Crippen molar-refractivity contribution in [3.05, 3.63) is 29.3 Å². The highest BCUT2D eigenvalue weighted by atomic mass is 35.5. The zero-order valence-electron chi connectivity index (χ0n) is 12.2.